The zero-order valence-electron chi connectivity index (χ0n) is 12.3. The van der Waals surface area contributed by atoms with Gasteiger partial charge in [0.1, 0.15) is 5.75 Å². The summed E-state index contributed by atoms with van der Waals surface area (Å²) in [5, 5.41) is 8.51. The van der Waals surface area contributed by atoms with Crippen molar-refractivity contribution in [2.75, 3.05) is 19.7 Å². The summed E-state index contributed by atoms with van der Waals surface area (Å²) >= 11 is 3.46. The minimum absolute atomic E-state index is 0.0541. The maximum atomic E-state index is 11.9. The second-order valence-electron chi connectivity index (χ2n) is 5.55. The molecule has 4 nitrogen and oxygen atoms in total. The number of hydrogen-bond acceptors (Lipinski definition) is 3. The van der Waals surface area contributed by atoms with Gasteiger partial charge in [-0.05, 0) is 54.4 Å². The lowest BCUT2D eigenvalue weighted by molar-refractivity contribution is -0.123. The molecule has 1 fully saturated rings. The number of piperidine rings is 1. The average molecular weight is 363 g/mol. The fraction of sp³-hybridized carbons (Fsp3) is 0.353. The van der Waals surface area contributed by atoms with Crippen molar-refractivity contribution in [2.45, 2.75) is 18.9 Å². The number of ether oxygens (including phenoxy) is 1. The molecule has 0 bridgehead atoms. The van der Waals surface area contributed by atoms with E-state index in [1.807, 2.05) is 30.3 Å². The van der Waals surface area contributed by atoms with Crippen LogP contribution in [0.3, 0.4) is 0 Å². The van der Waals surface area contributed by atoms with Crippen LogP contribution in [0.2, 0.25) is 0 Å². The summed E-state index contributed by atoms with van der Waals surface area (Å²) in [6.45, 7) is 1.94. The van der Waals surface area contributed by atoms with Crippen LogP contribution in [-0.4, -0.2) is 31.6 Å². The van der Waals surface area contributed by atoms with Gasteiger partial charge in [-0.3, -0.25) is 4.79 Å². The Kier molecular flexibility index (Phi) is 4.95. The number of nitrogens with one attached hydrogen (secondary N) is 2. The Labute approximate surface area is 138 Å². The predicted octanol–water partition coefficient (Wildman–Crippen LogP) is 2.85. The minimum Gasteiger partial charge on any atom is -0.484 e. The number of hydrogen-bond donors (Lipinski definition) is 2. The number of amides is 1. The molecule has 1 atom stereocenters. The molecule has 2 N–H and O–H groups in total. The quantitative estimate of drug-likeness (QED) is 0.879. The molecule has 0 aromatic heterocycles. The Hall–Kier alpha value is -1.59. The molecule has 1 amide bonds. The number of benzene rings is 2. The van der Waals surface area contributed by atoms with Crippen LogP contribution in [0.1, 0.15) is 12.8 Å². The Morgan fingerprint density at radius 2 is 2.09 bits per heavy atom. The van der Waals surface area contributed by atoms with E-state index >= 15 is 0 Å². The molecule has 22 heavy (non-hydrogen) atoms. The van der Waals surface area contributed by atoms with Crippen LogP contribution in [0.15, 0.2) is 40.9 Å². The smallest absolute Gasteiger partial charge is 0.258 e. The lowest BCUT2D eigenvalue weighted by Gasteiger charge is -2.23. The summed E-state index contributed by atoms with van der Waals surface area (Å²) < 4.78 is 6.65. The first-order valence-electron chi connectivity index (χ1n) is 7.53. The van der Waals surface area contributed by atoms with Gasteiger partial charge in [-0.1, -0.05) is 28.1 Å². The minimum atomic E-state index is -0.0652. The van der Waals surface area contributed by atoms with Gasteiger partial charge in [0.15, 0.2) is 6.61 Å². The van der Waals surface area contributed by atoms with Gasteiger partial charge < -0.3 is 15.4 Å². The molecule has 0 radical (unpaired) electrons. The molecule has 2 aromatic carbocycles. The van der Waals surface area contributed by atoms with E-state index in [0.29, 0.717) is 5.75 Å². The fourth-order valence-corrected chi connectivity index (χ4v) is 3.06. The molecule has 1 heterocycles. The zero-order valence-corrected chi connectivity index (χ0v) is 13.9. The Balaban J connectivity index is 1.56. The molecule has 1 aliphatic rings. The zero-order chi connectivity index (χ0) is 15.4. The van der Waals surface area contributed by atoms with E-state index in [1.165, 1.54) is 0 Å². The topological polar surface area (TPSA) is 50.4 Å². The molecule has 2 aromatic rings. The maximum Gasteiger partial charge on any atom is 0.258 e. The van der Waals surface area contributed by atoms with Crippen LogP contribution in [0, 0.1) is 0 Å². The molecule has 116 valence electrons. The van der Waals surface area contributed by atoms with Gasteiger partial charge in [0.2, 0.25) is 0 Å². The molecular formula is C17H19BrN2O2. The molecule has 0 spiro atoms. The van der Waals surface area contributed by atoms with Crippen molar-refractivity contribution in [1.29, 1.82) is 0 Å². The summed E-state index contributed by atoms with van der Waals surface area (Å²) in [6.07, 6.45) is 2.13. The first kappa shape index (κ1) is 15.3. The first-order valence-corrected chi connectivity index (χ1v) is 8.32. The van der Waals surface area contributed by atoms with Crippen molar-refractivity contribution in [1.82, 2.24) is 10.6 Å². The van der Waals surface area contributed by atoms with Gasteiger partial charge in [-0.25, -0.2) is 0 Å². The highest BCUT2D eigenvalue weighted by Gasteiger charge is 2.15. The van der Waals surface area contributed by atoms with E-state index < -0.39 is 0 Å². The van der Waals surface area contributed by atoms with Gasteiger partial charge in [0.05, 0.1) is 0 Å². The van der Waals surface area contributed by atoms with Crippen molar-refractivity contribution >= 4 is 32.6 Å². The summed E-state index contributed by atoms with van der Waals surface area (Å²) in [6, 6.07) is 12.1. The molecule has 1 aliphatic heterocycles. The molecule has 0 aliphatic carbocycles. The van der Waals surface area contributed by atoms with E-state index in [2.05, 4.69) is 32.6 Å². The predicted molar refractivity (Wildman–Crippen MR) is 91.2 cm³/mol. The number of fused-ring (bicyclic) bond motifs is 1. The molecule has 5 heteroatoms. The normalized spacial score (nSPS) is 18.1. The Morgan fingerprint density at radius 3 is 2.91 bits per heavy atom. The monoisotopic (exact) mass is 362 g/mol. The van der Waals surface area contributed by atoms with Crippen LogP contribution in [0.5, 0.6) is 5.75 Å². The largest absolute Gasteiger partial charge is 0.484 e. The summed E-state index contributed by atoms with van der Waals surface area (Å²) in [7, 11) is 0. The van der Waals surface area contributed by atoms with Crippen LogP contribution in [-0.2, 0) is 4.79 Å². The van der Waals surface area contributed by atoms with Gasteiger partial charge in [-0.15, -0.1) is 0 Å². The van der Waals surface area contributed by atoms with Crippen molar-refractivity contribution in [3.05, 3.63) is 40.9 Å². The van der Waals surface area contributed by atoms with Gasteiger partial charge in [0.25, 0.3) is 5.91 Å². The second-order valence-corrected chi connectivity index (χ2v) is 6.47. The third-order valence-corrected chi connectivity index (χ3v) is 4.30. The lowest BCUT2D eigenvalue weighted by Crippen LogP contribution is -2.46. The molecule has 3 rings (SSSR count). The van der Waals surface area contributed by atoms with Crippen LogP contribution < -0.4 is 15.4 Å². The SMILES string of the molecule is O=C(COc1ccc2cc(Br)ccc2c1)N[C@H]1CCCNC1. The highest BCUT2D eigenvalue weighted by Crippen LogP contribution is 2.24. The van der Waals surface area contributed by atoms with E-state index in [1.54, 1.807) is 0 Å². The van der Waals surface area contributed by atoms with Gasteiger partial charge >= 0.3 is 0 Å². The number of carbonyl (C=O) groups excluding carboxylic acids is 1. The van der Waals surface area contributed by atoms with E-state index in [-0.39, 0.29) is 18.6 Å². The first-order chi connectivity index (χ1) is 10.7. The molecule has 0 saturated carbocycles. The fourth-order valence-electron chi connectivity index (χ4n) is 2.68. The van der Waals surface area contributed by atoms with Gasteiger partial charge in [-0.2, -0.15) is 0 Å². The highest BCUT2D eigenvalue weighted by molar-refractivity contribution is 9.10. The number of carbonyl (C=O) groups is 1. The van der Waals surface area contributed by atoms with Crippen LogP contribution in [0.25, 0.3) is 10.8 Å². The summed E-state index contributed by atoms with van der Waals surface area (Å²) in [5.74, 6) is 0.649. The maximum absolute atomic E-state index is 11.9. The number of rotatable bonds is 4. The summed E-state index contributed by atoms with van der Waals surface area (Å²) in [4.78, 5) is 11.9. The molecule has 1 saturated heterocycles. The van der Waals surface area contributed by atoms with Crippen LogP contribution in [0.4, 0.5) is 0 Å². The van der Waals surface area contributed by atoms with Gasteiger partial charge in [0, 0.05) is 17.1 Å². The standard InChI is InChI=1S/C17H19BrN2O2/c18-14-5-3-13-9-16(6-4-12(13)8-14)22-11-17(21)20-15-2-1-7-19-10-15/h3-6,8-9,15,19H,1-2,7,10-11H2,(H,20,21)/t15-/m0/s1. The second kappa shape index (κ2) is 7.11. The number of halogens is 1. The Morgan fingerprint density at radius 1 is 1.27 bits per heavy atom. The molecular weight excluding hydrogens is 344 g/mol. The van der Waals surface area contributed by atoms with Crippen LogP contribution >= 0.6 is 15.9 Å². The average Bonchev–Trinajstić information content (AvgIpc) is 2.54. The lowest BCUT2D eigenvalue weighted by atomic mass is 10.1. The highest BCUT2D eigenvalue weighted by atomic mass is 79.9. The third-order valence-electron chi connectivity index (χ3n) is 3.81. The van der Waals surface area contributed by atoms with Crippen molar-refractivity contribution in [3.63, 3.8) is 0 Å². The van der Waals surface area contributed by atoms with E-state index in [0.717, 1.165) is 41.2 Å². The van der Waals surface area contributed by atoms with Crippen molar-refractivity contribution in [2.24, 2.45) is 0 Å². The van der Waals surface area contributed by atoms with Crippen molar-refractivity contribution in [3.8, 4) is 5.75 Å². The molecule has 0 unspecified atom stereocenters. The third kappa shape index (κ3) is 3.99. The van der Waals surface area contributed by atoms with E-state index in [4.69, 9.17) is 4.74 Å². The van der Waals surface area contributed by atoms with Crippen molar-refractivity contribution < 1.29 is 9.53 Å². The van der Waals surface area contributed by atoms with E-state index in [9.17, 15) is 4.79 Å². The summed E-state index contributed by atoms with van der Waals surface area (Å²) in [5.41, 5.74) is 0. The Bertz CT molecular complexity index is 669.